The Bertz CT molecular complexity index is 1710. The standard InChI is InChI=1S/C44H53N3O7/c48-27-33(24-30-14-4-1-5-15-30)45-41(49)26-32-18-8-3-9-23-40(43(51)53-28-34(46-42(32)50)25-31-16-6-2-7-17-31)47-44(52)54-29-39-37-21-12-10-19-35(37)36-20-11-13-22-38(36)39/h1,3-5,8,10-15,19-22,31-34,39-40,48H,2,6-7,9,16-18,23-29H2,(H,45,49)(H,46,50)(H,47,52). The highest BCUT2D eigenvalue weighted by Crippen LogP contribution is 2.44. The molecule has 3 amide bonds. The molecule has 4 N–H and O–H groups in total. The average molecular weight is 736 g/mol. The van der Waals surface area contributed by atoms with Gasteiger partial charge in [0.15, 0.2) is 0 Å². The Morgan fingerprint density at radius 2 is 1.56 bits per heavy atom. The zero-order valence-corrected chi connectivity index (χ0v) is 30.9. The lowest BCUT2D eigenvalue weighted by molar-refractivity contribution is -0.148. The van der Waals surface area contributed by atoms with Gasteiger partial charge in [0.1, 0.15) is 19.3 Å². The van der Waals surface area contributed by atoms with E-state index < -0.39 is 36.1 Å². The molecule has 54 heavy (non-hydrogen) atoms. The van der Waals surface area contributed by atoms with Crippen molar-refractivity contribution < 1.29 is 33.8 Å². The quantitative estimate of drug-likeness (QED) is 0.133. The number of esters is 1. The fourth-order valence-electron chi connectivity index (χ4n) is 8.12. The summed E-state index contributed by atoms with van der Waals surface area (Å²) < 4.78 is 11.6. The van der Waals surface area contributed by atoms with Gasteiger partial charge in [-0.25, -0.2) is 9.59 Å². The van der Waals surface area contributed by atoms with Gasteiger partial charge >= 0.3 is 12.1 Å². The number of fused-ring (bicyclic) bond motifs is 3. The predicted octanol–water partition coefficient (Wildman–Crippen LogP) is 6.36. The van der Waals surface area contributed by atoms with Crippen molar-refractivity contribution in [3.8, 4) is 11.1 Å². The van der Waals surface area contributed by atoms with Gasteiger partial charge in [0.2, 0.25) is 11.8 Å². The third kappa shape index (κ3) is 10.6. The van der Waals surface area contributed by atoms with Crippen LogP contribution >= 0.6 is 0 Å². The second kappa shape index (κ2) is 19.4. The van der Waals surface area contributed by atoms with E-state index in [1.54, 1.807) is 0 Å². The highest BCUT2D eigenvalue weighted by Gasteiger charge is 2.32. The molecule has 3 aliphatic rings. The monoisotopic (exact) mass is 735 g/mol. The highest BCUT2D eigenvalue weighted by atomic mass is 16.6. The zero-order chi connectivity index (χ0) is 37.7. The van der Waals surface area contributed by atoms with Crippen molar-refractivity contribution >= 4 is 23.9 Å². The summed E-state index contributed by atoms with van der Waals surface area (Å²) in [6.07, 6.45) is 10.6. The third-order valence-corrected chi connectivity index (χ3v) is 11.0. The van der Waals surface area contributed by atoms with Crippen molar-refractivity contribution in [1.82, 2.24) is 16.0 Å². The van der Waals surface area contributed by atoms with Gasteiger partial charge < -0.3 is 30.5 Å². The number of nitrogens with one attached hydrogen (secondary N) is 3. The van der Waals surface area contributed by atoms with Crippen LogP contribution in [0.2, 0.25) is 0 Å². The van der Waals surface area contributed by atoms with Crippen LogP contribution in [0, 0.1) is 11.8 Å². The topological polar surface area (TPSA) is 143 Å². The van der Waals surface area contributed by atoms with Crippen LogP contribution in [0.5, 0.6) is 0 Å². The maximum atomic E-state index is 13.8. The van der Waals surface area contributed by atoms with E-state index >= 15 is 0 Å². The lowest BCUT2D eigenvalue weighted by Crippen LogP contribution is -2.47. The number of rotatable bonds is 11. The summed E-state index contributed by atoms with van der Waals surface area (Å²) in [5, 5.41) is 18.8. The molecular formula is C44H53N3O7. The van der Waals surface area contributed by atoms with Crippen molar-refractivity contribution in [2.45, 2.75) is 94.7 Å². The molecule has 2 aliphatic carbocycles. The number of hydrogen-bond donors (Lipinski definition) is 4. The highest BCUT2D eigenvalue weighted by molar-refractivity contribution is 5.86. The minimum atomic E-state index is -0.946. The number of benzene rings is 3. The molecule has 1 fully saturated rings. The van der Waals surface area contributed by atoms with Gasteiger partial charge in [0, 0.05) is 12.3 Å². The van der Waals surface area contributed by atoms with Gasteiger partial charge in [-0.2, -0.15) is 0 Å². The van der Waals surface area contributed by atoms with Crippen molar-refractivity contribution in [2.75, 3.05) is 19.8 Å². The van der Waals surface area contributed by atoms with Crippen LogP contribution in [0.15, 0.2) is 91.0 Å². The molecule has 3 aromatic carbocycles. The summed E-state index contributed by atoms with van der Waals surface area (Å²) in [4.78, 5) is 53.8. The van der Waals surface area contributed by atoms with Crippen LogP contribution in [0.25, 0.3) is 11.1 Å². The summed E-state index contributed by atoms with van der Waals surface area (Å²) in [5.41, 5.74) is 5.44. The fraction of sp³-hybridized carbons (Fsp3) is 0.455. The van der Waals surface area contributed by atoms with Crippen molar-refractivity contribution in [2.24, 2.45) is 11.8 Å². The third-order valence-electron chi connectivity index (χ3n) is 11.0. The minimum absolute atomic E-state index is 0.0417. The van der Waals surface area contributed by atoms with Gasteiger partial charge in [-0.3, -0.25) is 9.59 Å². The normalized spacial score (nSPS) is 21.5. The summed E-state index contributed by atoms with van der Waals surface area (Å²) in [5.74, 6) is -1.55. The Hall–Kier alpha value is -4.96. The van der Waals surface area contributed by atoms with E-state index in [1.807, 2.05) is 66.7 Å². The summed E-state index contributed by atoms with van der Waals surface area (Å²) in [6.45, 7) is -0.144. The van der Waals surface area contributed by atoms with E-state index in [1.165, 1.54) is 6.42 Å². The zero-order valence-electron chi connectivity index (χ0n) is 30.9. The molecule has 0 radical (unpaired) electrons. The second-order valence-electron chi connectivity index (χ2n) is 14.9. The maximum absolute atomic E-state index is 13.8. The molecule has 0 spiro atoms. The number of carbonyl (C=O) groups is 4. The van der Waals surface area contributed by atoms with Crippen LogP contribution < -0.4 is 16.0 Å². The molecule has 1 heterocycles. The number of ether oxygens (including phenoxy) is 2. The van der Waals surface area contributed by atoms with Gasteiger partial charge in [-0.1, -0.05) is 123 Å². The number of aliphatic hydroxyl groups is 1. The Balaban J connectivity index is 1.10. The minimum Gasteiger partial charge on any atom is -0.462 e. The number of hydrogen-bond acceptors (Lipinski definition) is 7. The first kappa shape index (κ1) is 38.8. The number of cyclic esters (lactones) is 1. The maximum Gasteiger partial charge on any atom is 0.407 e. The van der Waals surface area contributed by atoms with E-state index in [4.69, 9.17) is 9.47 Å². The van der Waals surface area contributed by atoms with Crippen molar-refractivity contribution in [1.29, 1.82) is 0 Å². The average Bonchev–Trinajstić information content (AvgIpc) is 3.51. The van der Waals surface area contributed by atoms with Crippen LogP contribution in [0.1, 0.15) is 86.8 Å². The molecule has 286 valence electrons. The van der Waals surface area contributed by atoms with Crippen LogP contribution in [-0.4, -0.2) is 66.9 Å². The summed E-state index contributed by atoms with van der Waals surface area (Å²) >= 11 is 0. The molecule has 1 saturated carbocycles. The first-order valence-corrected chi connectivity index (χ1v) is 19.6. The van der Waals surface area contributed by atoms with Gasteiger partial charge in [-0.15, -0.1) is 0 Å². The predicted molar refractivity (Wildman–Crippen MR) is 206 cm³/mol. The summed E-state index contributed by atoms with van der Waals surface area (Å²) in [7, 11) is 0. The largest absolute Gasteiger partial charge is 0.462 e. The lowest BCUT2D eigenvalue weighted by Gasteiger charge is -2.28. The first-order valence-electron chi connectivity index (χ1n) is 19.6. The SMILES string of the molecule is O=C(CC1CC=CCCC(NC(=O)OCC2c3ccccc3-c3ccccc32)C(=O)OCC(CC2CCCCC2)NC1=O)NC(CO)Cc1ccccc1. The van der Waals surface area contributed by atoms with E-state index in [0.29, 0.717) is 31.6 Å². The Labute approximate surface area is 318 Å². The van der Waals surface area contributed by atoms with Crippen LogP contribution in [0.4, 0.5) is 4.79 Å². The molecule has 10 heteroatoms. The van der Waals surface area contributed by atoms with Crippen molar-refractivity contribution in [3.63, 3.8) is 0 Å². The molecule has 6 rings (SSSR count). The smallest absolute Gasteiger partial charge is 0.407 e. The molecule has 0 aromatic heterocycles. The first-order chi connectivity index (χ1) is 26.4. The van der Waals surface area contributed by atoms with Crippen LogP contribution in [0.3, 0.4) is 0 Å². The van der Waals surface area contributed by atoms with E-state index in [9.17, 15) is 24.3 Å². The second-order valence-corrected chi connectivity index (χ2v) is 14.9. The van der Waals surface area contributed by atoms with E-state index in [-0.39, 0.29) is 50.4 Å². The lowest BCUT2D eigenvalue weighted by atomic mass is 9.84. The molecule has 0 saturated heterocycles. The number of aliphatic hydroxyl groups excluding tert-OH is 1. The number of allylic oxidation sites excluding steroid dienone is 2. The Morgan fingerprint density at radius 3 is 2.26 bits per heavy atom. The molecular weight excluding hydrogens is 682 g/mol. The Kier molecular flexibility index (Phi) is 13.9. The van der Waals surface area contributed by atoms with Crippen LogP contribution in [-0.2, 0) is 30.3 Å². The Morgan fingerprint density at radius 1 is 0.870 bits per heavy atom. The molecule has 1 aliphatic heterocycles. The molecule has 10 nitrogen and oxygen atoms in total. The number of carbonyl (C=O) groups excluding carboxylic acids is 4. The van der Waals surface area contributed by atoms with E-state index in [0.717, 1.165) is 53.5 Å². The fourth-order valence-corrected chi connectivity index (χ4v) is 8.12. The van der Waals surface area contributed by atoms with Gasteiger partial charge in [-0.05, 0) is 65.8 Å². The molecule has 4 atom stereocenters. The van der Waals surface area contributed by atoms with Crippen molar-refractivity contribution in [3.05, 3.63) is 108 Å². The number of alkyl carbamates (subject to hydrolysis) is 1. The molecule has 3 aromatic rings. The molecule has 4 unspecified atom stereocenters. The van der Waals surface area contributed by atoms with Gasteiger partial charge in [0.25, 0.3) is 0 Å². The molecule has 0 bridgehead atoms. The van der Waals surface area contributed by atoms with Gasteiger partial charge in [0.05, 0.1) is 24.6 Å². The van der Waals surface area contributed by atoms with E-state index in [2.05, 4.69) is 40.2 Å². The summed E-state index contributed by atoms with van der Waals surface area (Å²) in [6, 6.07) is 24.0. The number of amides is 3.